The molecule has 1 aromatic heterocycles. The van der Waals surface area contributed by atoms with Crippen molar-refractivity contribution >= 4 is 32.7 Å². The number of hydrogen-bond acceptors (Lipinski definition) is 2. The van der Waals surface area contributed by atoms with Crippen molar-refractivity contribution in [1.82, 2.24) is 9.88 Å². The van der Waals surface area contributed by atoms with Crippen molar-refractivity contribution in [3.8, 4) is 0 Å². The Morgan fingerprint density at radius 3 is 2.84 bits per heavy atom. The highest BCUT2D eigenvalue weighted by atomic mass is 79.9. The van der Waals surface area contributed by atoms with Crippen molar-refractivity contribution in [1.29, 1.82) is 0 Å². The minimum absolute atomic E-state index is 0.0720. The predicted octanol–water partition coefficient (Wildman–Crippen LogP) is 2.55. The SMILES string of the molecule is C=CCN(CCO)C(=O)c1[nH]c2ccccc2c1Br. The van der Waals surface area contributed by atoms with Crippen LogP contribution in [0.5, 0.6) is 0 Å². The lowest BCUT2D eigenvalue weighted by molar-refractivity contribution is 0.0737. The van der Waals surface area contributed by atoms with E-state index in [4.69, 9.17) is 5.11 Å². The third-order valence-corrected chi connectivity index (χ3v) is 3.69. The summed E-state index contributed by atoms with van der Waals surface area (Å²) in [6.45, 7) is 4.24. The molecule has 0 saturated carbocycles. The molecule has 0 bridgehead atoms. The number of hydrogen-bond donors (Lipinski definition) is 2. The Morgan fingerprint density at radius 1 is 1.47 bits per heavy atom. The van der Waals surface area contributed by atoms with Crippen molar-refractivity contribution in [2.75, 3.05) is 19.7 Å². The number of H-pyrrole nitrogens is 1. The minimum atomic E-state index is -0.156. The van der Waals surface area contributed by atoms with Crippen LogP contribution in [0.25, 0.3) is 10.9 Å². The van der Waals surface area contributed by atoms with Crippen molar-refractivity contribution in [2.24, 2.45) is 0 Å². The monoisotopic (exact) mass is 322 g/mol. The Hall–Kier alpha value is -1.59. The second kappa shape index (κ2) is 6.04. The largest absolute Gasteiger partial charge is 0.395 e. The lowest BCUT2D eigenvalue weighted by Crippen LogP contribution is -2.34. The van der Waals surface area contributed by atoms with Crippen molar-refractivity contribution in [2.45, 2.75) is 0 Å². The smallest absolute Gasteiger partial charge is 0.271 e. The van der Waals surface area contributed by atoms with E-state index in [9.17, 15) is 4.79 Å². The van der Waals surface area contributed by atoms with Gasteiger partial charge in [0.15, 0.2) is 0 Å². The number of rotatable bonds is 5. The molecule has 0 unspecified atom stereocenters. The first-order chi connectivity index (χ1) is 9.19. The maximum atomic E-state index is 12.4. The average Bonchev–Trinajstić information content (AvgIpc) is 2.76. The van der Waals surface area contributed by atoms with Crippen LogP contribution in [0.3, 0.4) is 0 Å². The first-order valence-electron chi connectivity index (χ1n) is 5.96. The summed E-state index contributed by atoms with van der Waals surface area (Å²) in [6, 6.07) is 7.69. The maximum Gasteiger partial charge on any atom is 0.271 e. The zero-order valence-corrected chi connectivity index (χ0v) is 12.0. The highest BCUT2D eigenvalue weighted by Gasteiger charge is 2.20. The van der Waals surface area contributed by atoms with Gasteiger partial charge in [0.05, 0.1) is 11.1 Å². The normalized spacial score (nSPS) is 10.6. The summed E-state index contributed by atoms with van der Waals surface area (Å²) in [7, 11) is 0. The second-order valence-electron chi connectivity index (χ2n) is 4.12. The van der Waals surface area contributed by atoms with Crippen LogP contribution in [-0.2, 0) is 0 Å². The number of amides is 1. The molecule has 1 aromatic carbocycles. The van der Waals surface area contributed by atoms with Crippen LogP contribution >= 0.6 is 15.9 Å². The van der Waals surface area contributed by atoms with Gasteiger partial charge in [-0.15, -0.1) is 6.58 Å². The number of aliphatic hydroxyl groups is 1. The van der Waals surface area contributed by atoms with E-state index in [1.54, 1.807) is 11.0 Å². The number of carbonyl (C=O) groups excluding carboxylic acids is 1. The number of aromatic nitrogens is 1. The number of benzene rings is 1. The molecule has 4 nitrogen and oxygen atoms in total. The van der Waals surface area contributed by atoms with Gasteiger partial charge in [-0.25, -0.2) is 0 Å². The van der Waals surface area contributed by atoms with Crippen LogP contribution in [0.2, 0.25) is 0 Å². The number of aliphatic hydroxyl groups excluding tert-OH is 1. The molecular formula is C14H15BrN2O2. The molecule has 0 aliphatic rings. The molecule has 0 atom stereocenters. The number of aromatic amines is 1. The van der Waals surface area contributed by atoms with Crippen molar-refractivity contribution < 1.29 is 9.90 Å². The third kappa shape index (κ3) is 2.72. The number of fused-ring (bicyclic) bond motifs is 1. The maximum absolute atomic E-state index is 12.4. The first-order valence-corrected chi connectivity index (χ1v) is 6.75. The fourth-order valence-corrected chi connectivity index (χ4v) is 2.58. The molecule has 2 rings (SSSR count). The van der Waals surface area contributed by atoms with Crippen LogP contribution in [-0.4, -0.2) is 40.6 Å². The zero-order chi connectivity index (χ0) is 13.8. The number of nitrogens with one attached hydrogen (secondary N) is 1. The Kier molecular flexibility index (Phi) is 4.39. The Balaban J connectivity index is 2.39. The summed E-state index contributed by atoms with van der Waals surface area (Å²) >= 11 is 3.46. The molecule has 2 aromatic rings. The van der Waals surface area contributed by atoms with E-state index in [-0.39, 0.29) is 19.1 Å². The molecular weight excluding hydrogens is 308 g/mol. The van der Waals surface area contributed by atoms with E-state index >= 15 is 0 Å². The van der Waals surface area contributed by atoms with Gasteiger partial charge in [0, 0.05) is 24.0 Å². The molecule has 0 radical (unpaired) electrons. The molecule has 0 fully saturated rings. The Labute approximate surface area is 119 Å². The summed E-state index contributed by atoms with van der Waals surface area (Å²) in [5.74, 6) is -0.156. The van der Waals surface area contributed by atoms with E-state index in [1.165, 1.54) is 0 Å². The van der Waals surface area contributed by atoms with Gasteiger partial charge in [-0.2, -0.15) is 0 Å². The quantitative estimate of drug-likeness (QED) is 0.831. The fraction of sp³-hybridized carbons (Fsp3) is 0.214. The number of para-hydroxylation sites is 1. The van der Waals surface area contributed by atoms with Crippen LogP contribution in [0, 0.1) is 0 Å². The molecule has 5 heteroatoms. The average molecular weight is 323 g/mol. The first kappa shape index (κ1) is 13.8. The summed E-state index contributed by atoms with van der Waals surface area (Å²) in [4.78, 5) is 17.1. The van der Waals surface area contributed by atoms with Gasteiger partial charge in [-0.05, 0) is 22.0 Å². The molecule has 0 aliphatic carbocycles. The standard InChI is InChI=1S/C14H15BrN2O2/c1-2-7-17(8-9-18)14(19)13-12(15)10-5-3-4-6-11(10)16-13/h2-6,16,18H,1,7-9H2. The lowest BCUT2D eigenvalue weighted by atomic mass is 10.2. The number of carbonyl (C=O) groups is 1. The van der Waals surface area contributed by atoms with Gasteiger partial charge in [0.2, 0.25) is 0 Å². The van der Waals surface area contributed by atoms with Crippen LogP contribution in [0.1, 0.15) is 10.5 Å². The van der Waals surface area contributed by atoms with Crippen molar-refractivity contribution in [3.05, 3.63) is 47.1 Å². The van der Waals surface area contributed by atoms with Gasteiger partial charge in [0.25, 0.3) is 5.91 Å². The molecule has 2 N–H and O–H groups in total. The van der Waals surface area contributed by atoms with E-state index in [0.717, 1.165) is 15.4 Å². The number of nitrogens with zero attached hydrogens (tertiary/aromatic N) is 1. The molecule has 0 aliphatic heterocycles. The summed E-state index contributed by atoms with van der Waals surface area (Å²) in [5.41, 5.74) is 1.40. The second-order valence-corrected chi connectivity index (χ2v) is 4.92. The molecule has 100 valence electrons. The van der Waals surface area contributed by atoms with Gasteiger partial charge >= 0.3 is 0 Å². The van der Waals surface area contributed by atoms with E-state index in [2.05, 4.69) is 27.5 Å². The molecule has 1 heterocycles. The van der Waals surface area contributed by atoms with Gasteiger partial charge < -0.3 is 15.0 Å². The molecule has 0 saturated heterocycles. The Morgan fingerprint density at radius 2 is 2.21 bits per heavy atom. The predicted molar refractivity (Wildman–Crippen MR) is 79.2 cm³/mol. The van der Waals surface area contributed by atoms with Gasteiger partial charge in [0.1, 0.15) is 5.69 Å². The summed E-state index contributed by atoms with van der Waals surface area (Å²) in [5, 5.41) is 9.98. The van der Waals surface area contributed by atoms with Crippen molar-refractivity contribution in [3.63, 3.8) is 0 Å². The molecule has 0 spiro atoms. The van der Waals surface area contributed by atoms with E-state index in [1.807, 2.05) is 24.3 Å². The van der Waals surface area contributed by atoms with Crippen LogP contribution < -0.4 is 0 Å². The van der Waals surface area contributed by atoms with Gasteiger partial charge in [-0.3, -0.25) is 4.79 Å². The van der Waals surface area contributed by atoms with Gasteiger partial charge in [-0.1, -0.05) is 24.3 Å². The van der Waals surface area contributed by atoms with E-state index in [0.29, 0.717) is 12.2 Å². The Bertz CT molecular complexity index is 607. The zero-order valence-electron chi connectivity index (χ0n) is 10.4. The van der Waals surface area contributed by atoms with Crippen LogP contribution in [0.15, 0.2) is 41.4 Å². The minimum Gasteiger partial charge on any atom is -0.395 e. The number of halogens is 1. The van der Waals surface area contributed by atoms with E-state index < -0.39 is 0 Å². The highest BCUT2D eigenvalue weighted by Crippen LogP contribution is 2.28. The topological polar surface area (TPSA) is 56.3 Å². The summed E-state index contributed by atoms with van der Waals surface area (Å²) in [6.07, 6.45) is 1.64. The highest BCUT2D eigenvalue weighted by molar-refractivity contribution is 9.10. The third-order valence-electron chi connectivity index (χ3n) is 2.86. The molecule has 1 amide bonds. The van der Waals surface area contributed by atoms with Crippen LogP contribution in [0.4, 0.5) is 0 Å². The lowest BCUT2D eigenvalue weighted by Gasteiger charge is -2.19. The summed E-state index contributed by atoms with van der Waals surface area (Å²) < 4.78 is 0.750. The fourth-order valence-electron chi connectivity index (χ4n) is 1.97. The molecule has 19 heavy (non-hydrogen) atoms.